The van der Waals surface area contributed by atoms with Gasteiger partial charge in [0.25, 0.3) is 5.91 Å². The van der Waals surface area contributed by atoms with Crippen LogP contribution in [0.4, 0.5) is 0 Å². The molecule has 142 valence electrons. The van der Waals surface area contributed by atoms with Crippen molar-refractivity contribution in [1.29, 1.82) is 0 Å². The molecule has 0 bridgehead atoms. The molecule has 1 heterocycles. The van der Waals surface area contributed by atoms with Crippen molar-refractivity contribution in [2.75, 3.05) is 6.54 Å². The lowest BCUT2D eigenvalue weighted by atomic mass is 10.1. The minimum atomic E-state index is -3.59. The van der Waals surface area contributed by atoms with E-state index in [9.17, 15) is 13.2 Å². The third-order valence-electron chi connectivity index (χ3n) is 5.00. The number of hydrogen-bond donors (Lipinski definition) is 1. The number of rotatable bonds is 8. The van der Waals surface area contributed by atoms with Crippen molar-refractivity contribution >= 4 is 15.9 Å². The Bertz CT molecular complexity index is 922. The molecule has 1 aromatic carbocycles. The molecule has 2 saturated carbocycles. The molecule has 2 aromatic rings. The lowest BCUT2D eigenvalue weighted by molar-refractivity contribution is 0.0729. The maximum absolute atomic E-state index is 13.1. The summed E-state index contributed by atoms with van der Waals surface area (Å²) in [5.74, 6) is 0.323. The molecule has 0 atom stereocenters. The fourth-order valence-electron chi connectivity index (χ4n) is 3.03. The third-order valence-corrected chi connectivity index (χ3v) is 6.42. The highest BCUT2D eigenvalue weighted by Crippen LogP contribution is 2.30. The summed E-state index contributed by atoms with van der Waals surface area (Å²) < 4.78 is 27.7. The number of nitrogens with one attached hydrogen (secondary N) is 1. The van der Waals surface area contributed by atoms with Crippen LogP contribution in [0.25, 0.3) is 0 Å². The molecule has 0 spiro atoms. The largest absolute Gasteiger partial charge is 0.331 e. The van der Waals surface area contributed by atoms with Crippen molar-refractivity contribution < 1.29 is 13.2 Å². The highest BCUT2D eigenvalue weighted by atomic mass is 32.2. The quantitative estimate of drug-likeness (QED) is 0.757. The van der Waals surface area contributed by atoms with Crippen molar-refractivity contribution in [1.82, 2.24) is 14.6 Å². The van der Waals surface area contributed by atoms with Gasteiger partial charge >= 0.3 is 0 Å². The predicted octanol–water partition coefficient (Wildman–Crippen LogP) is 2.57. The Labute approximate surface area is 159 Å². The number of sulfonamides is 1. The van der Waals surface area contributed by atoms with Crippen molar-refractivity contribution in [2.24, 2.45) is 5.92 Å². The topological polar surface area (TPSA) is 79.4 Å². The van der Waals surface area contributed by atoms with Crippen LogP contribution in [0.2, 0.25) is 0 Å². The summed E-state index contributed by atoms with van der Waals surface area (Å²) in [5, 5.41) is 0. The summed E-state index contributed by atoms with van der Waals surface area (Å²) in [6.07, 6.45) is 7.54. The monoisotopic (exact) mass is 385 g/mol. The fraction of sp³-hybridized carbons (Fsp3) is 0.400. The van der Waals surface area contributed by atoms with Crippen LogP contribution in [0.5, 0.6) is 0 Å². The van der Waals surface area contributed by atoms with Gasteiger partial charge in [0.2, 0.25) is 10.0 Å². The van der Waals surface area contributed by atoms with Crippen molar-refractivity contribution in [3.63, 3.8) is 0 Å². The van der Waals surface area contributed by atoms with E-state index >= 15 is 0 Å². The van der Waals surface area contributed by atoms with Gasteiger partial charge in [0.05, 0.1) is 4.90 Å². The van der Waals surface area contributed by atoms with E-state index in [0.29, 0.717) is 24.6 Å². The van der Waals surface area contributed by atoms with Crippen LogP contribution >= 0.6 is 0 Å². The minimum absolute atomic E-state index is 0.131. The second-order valence-electron chi connectivity index (χ2n) is 7.34. The third kappa shape index (κ3) is 4.54. The van der Waals surface area contributed by atoms with Crippen LogP contribution in [0, 0.1) is 5.92 Å². The number of hydrogen-bond acceptors (Lipinski definition) is 4. The van der Waals surface area contributed by atoms with E-state index in [-0.39, 0.29) is 16.8 Å². The van der Waals surface area contributed by atoms with E-state index in [1.807, 2.05) is 17.0 Å². The van der Waals surface area contributed by atoms with Crippen LogP contribution in [0.15, 0.2) is 53.7 Å². The van der Waals surface area contributed by atoms with Crippen molar-refractivity contribution in [3.05, 3.63) is 59.9 Å². The molecule has 27 heavy (non-hydrogen) atoms. The number of aromatic nitrogens is 1. The Morgan fingerprint density at radius 1 is 1.11 bits per heavy atom. The lowest BCUT2D eigenvalue weighted by Gasteiger charge is -2.23. The molecule has 7 heteroatoms. The molecule has 0 unspecified atom stereocenters. The maximum atomic E-state index is 13.1. The summed E-state index contributed by atoms with van der Waals surface area (Å²) in [4.78, 5) is 19.1. The van der Waals surface area contributed by atoms with Gasteiger partial charge in [-0.25, -0.2) is 13.1 Å². The second kappa shape index (κ2) is 7.40. The molecule has 1 amide bonds. The first-order valence-electron chi connectivity index (χ1n) is 9.32. The lowest BCUT2D eigenvalue weighted by Crippen LogP contribution is -2.33. The smallest absolute Gasteiger partial charge is 0.254 e. The van der Waals surface area contributed by atoms with E-state index in [1.165, 1.54) is 12.1 Å². The van der Waals surface area contributed by atoms with E-state index < -0.39 is 10.0 Å². The van der Waals surface area contributed by atoms with E-state index in [2.05, 4.69) is 9.71 Å². The minimum Gasteiger partial charge on any atom is -0.331 e. The van der Waals surface area contributed by atoms with Gasteiger partial charge in [0.15, 0.2) is 0 Å². The SMILES string of the molecule is O=C(c1cccc(S(=O)(=O)NCC2CC2)c1)N(Cc1ccncc1)C1CC1. The zero-order chi connectivity index (χ0) is 18.9. The van der Waals surface area contributed by atoms with Gasteiger partial charge in [0, 0.05) is 37.1 Å². The summed E-state index contributed by atoms with van der Waals surface area (Å²) in [6.45, 7) is 0.972. The van der Waals surface area contributed by atoms with Crippen molar-refractivity contribution in [3.8, 4) is 0 Å². The molecular weight excluding hydrogens is 362 g/mol. The molecule has 1 aromatic heterocycles. The first kappa shape index (κ1) is 18.1. The Kier molecular flexibility index (Phi) is 4.97. The predicted molar refractivity (Wildman–Crippen MR) is 101 cm³/mol. The van der Waals surface area contributed by atoms with Crippen LogP contribution in [0.3, 0.4) is 0 Å². The summed E-state index contributed by atoms with van der Waals surface area (Å²) in [7, 11) is -3.59. The van der Waals surface area contributed by atoms with E-state index in [1.54, 1.807) is 24.5 Å². The molecule has 2 fully saturated rings. The van der Waals surface area contributed by atoms with Crippen LogP contribution in [-0.2, 0) is 16.6 Å². The van der Waals surface area contributed by atoms with Gasteiger partial charge in [-0.2, -0.15) is 0 Å². The molecule has 2 aliphatic rings. The number of carbonyl (C=O) groups is 1. The zero-order valence-electron chi connectivity index (χ0n) is 15.0. The first-order valence-corrected chi connectivity index (χ1v) is 10.8. The van der Waals surface area contributed by atoms with Gasteiger partial charge in [-0.3, -0.25) is 9.78 Å². The maximum Gasteiger partial charge on any atom is 0.254 e. The summed E-state index contributed by atoms with van der Waals surface area (Å²) in [5.41, 5.74) is 1.42. The van der Waals surface area contributed by atoms with Crippen LogP contribution in [-0.4, -0.2) is 36.8 Å². The van der Waals surface area contributed by atoms with Crippen LogP contribution < -0.4 is 4.72 Å². The molecule has 0 radical (unpaired) electrons. The number of pyridine rings is 1. The first-order chi connectivity index (χ1) is 13.0. The van der Waals surface area contributed by atoms with E-state index in [4.69, 9.17) is 0 Å². The molecule has 0 saturated heterocycles. The van der Waals surface area contributed by atoms with Crippen molar-refractivity contribution in [2.45, 2.75) is 43.2 Å². The van der Waals surface area contributed by atoms with Crippen LogP contribution in [0.1, 0.15) is 41.6 Å². The number of carbonyl (C=O) groups excluding carboxylic acids is 1. The Morgan fingerprint density at radius 3 is 2.52 bits per heavy atom. The summed E-state index contributed by atoms with van der Waals surface area (Å²) >= 11 is 0. The molecule has 4 rings (SSSR count). The Balaban J connectivity index is 1.53. The molecule has 1 N–H and O–H groups in total. The standard InChI is InChI=1S/C20H23N3O3S/c24-20(23(18-6-7-18)14-16-8-10-21-11-9-16)17-2-1-3-19(12-17)27(25,26)22-13-15-4-5-15/h1-3,8-12,15,18,22H,4-7,13-14H2. The molecule has 2 aliphatic carbocycles. The highest BCUT2D eigenvalue weighted by molar-refractivity contribution is 7.89. The number of nitrogens with zero attached hydrogens (tertiary/aromatic N) is 2. The zero-order valence-corrected chi connectivity index (χ0v) is 15.9. The van der Waals surface area contributed by atoms with Gasteiger partial charge in [-0.15, -0.1) is 0 Å². The molecule has 6 nitrogen and oxygen atoms in total. The Morgan fingerprint density at radius 2 is 1.85 bits per heavy atom. The number of amides is 1. The van der Waals surface area contributed by atoms with Gasteiger partial charge < -0.3 is 4.90 Å². The highest BCUT2D eigenvalue weighted by Gasteiger charge is 2.33. The average molecular weight is 385 g/mol. The van der Waals surface area contributed by atoms with Gasteiger partial charge in [-0.1, -0.05) is 6.07 Å². The second-order valence-corrected chi connectivity index (χ2v) is 9.11. The summed E-state index contributed by atoms with van der Waals surface area (Å²) in [6, 6.07) is 10.4. The normalized spacial score (nSPS) is 16.9. The van der Waals surface area contributed by atoms with Gasteiger partial charge in [-0.05, 0) is 67.5 Å². The van der Waals surface area contributed by atoms with E-state index in [0.717, 1.165) is 31.2 Å². The Hall–Kier alpha value is -2.25. The number of benzene rings is 1. The fourth-order valence-corrected chi connectivity index (χ4v) is 4.19. The molecule has 0 aliphatic heterocycles. The molecular formula is C20H23N3O3S. The van der Waals surface area contributed by atoms with Gasteiger partial charge in [0.1, 0.15) is 0 Å². The average Bonchev–Trinajstić information content (AvgIpc) is 3.58.